The SMILES string of the molecule is Cc1cnn(CCCN2C(=O)C3(CCNCC3)Nc3ccccc32)c1. The molecule has 2 N–H and O–H groups in total. The van der Waals surface area contributed by atoms with E-state index in [2.05, 4.69) is 21.8 Å². The molecule has 0 atom stereocenters. The van der Waals surface area contributed by atoms with Gasteiger partial charge in [-0.1, -0.05) is 12.1 Å². The van der Waals surface area contributed by atoms with E-state index in [0.717, 1.165) is 55.8 Å². The van der Waals surface area contributed by atoms with Crippen molar-refractivity contribution in [2.75, 3.05) is 29.9 Å². The highest BCUT2D eigenvalue weighted by Gasteiger charge is 2.46. The predicted molar refractivity (Wildman–Crippen MR) is 98.8 cm³/mol. The summed E-state index contributed by atoms with van der Waals surface area (Å²) in [4.78, 5) is 15.3. The Morgan fingerprint density at radius 2 is 2.00 bits per heavy atom. The van der Waals surface area contributed by atoms with Crippen LogP contribution in [0.2, 0.25) is 0 Å². The molecule has 25 heavy (non-hydrogen) atoms. The van der Waals surface area contributed by atoms with Gasteiger partial charge < -0.3 is 15.5 Å². The number of aromatic nitrogens is 2. The molecule has 2 aromatic rings. The molecule has 0 aliphatic carbocycles. The lowest BCUT2D eigenvalue weighted by molar-refractivity contribution is -0.124. The minimum absolute atomic E-state index is 0.212. The fourth-order valence-electron chi connectivity index (χ4n) is 3.89. The summed E-state index contributed by atoms with van der Waals surface area (Å²) in [6.45, 7) is 5.33. The van der Waals surface area contributed by atoms with Crippen LogP contribution in [0.1, 0.15) is 24.8 Å². The Kier molecular flexibility index (Phi) is 4.21. The molecule has 0 unspecified atom stereocenters. The average Bonchev–Trinajstić information content (AvgIpc) is 3.04. The fourth-order valence-corrected chi connectivity index (χ4v) is 3.89. The lowest BCUT2D eigenvalue weighted by Gasteiger charge is -2.46. The molecule has 0 radical (unpaired) electrons. The van der Waals surface area contributed by atoms with Crippen molar-refractivity contribution in [3.63, 3.8) is 0 Å². The molecule has 1 spiro atoms. The maximum Gasteiger partial charge on any atom is 0.252 e. The van der Waals surface area contributed by atoms with Crippen molar-refractivity contribution in [1.82, 2.24) is 15.1 Å². The third-order valence-electron chi connectivity index (χ3n) is 5.21. The number of nitrogens with zero attached hydrogens (tertiary/aromatic N) is 3. The largest absolute Gasteiger partial charge is 0.369 e. The smallest absolute Gasteiger partial charge is 0.252 e. The number of fused-ring (bicyclic) bond motifs is 1. The maximum atomic E-state index is 13.3. The molecule has 4 rings (SSSR count). The molecule has 6 nitrogen and oxygen atoms in total. The zero-order valence-corrected chi connectivity index (χ0v) is 14.7. The van der Waals surface area contributed by atoms with E-state index in [9.17, 15) is 4.79 Å². The molecule has 1 fully saturated rings. The first kappa shape index (κ1) is 16.1. The Bertz CT molecular complexity index is 763. The molecule has 1 aromatic heterocycles. The van der Waals surface area contributed by atoms with Gasteiger partial charge in [0.05, 0.1) is 17.6 Å². The van der Waals surface area contributed by atoms with Crippen LogP contribution in [0.5, 0.6) is 0 Å². The molecule has 3 heterocycles. The first-order valence-electron chi connectivity index (χ1n) is 9.07. The van der Waals surface area contributed by atoms with Crippen LogP contribution in [-0.2, 0) is 11.3 Å². The number of piperidine rings is 1. The van der Waals surface area contributed by atoms with Gasteiger partial charge in [-0.2, -0.15) is 5.10 Å². The van der Waals surface area contributed by atoms with Crippen molar-refractivity contribution < 1.29 is 4.79 Å². The van der Waals surface area contributed by atoms with Gasteiger partial charge in [-0.05, 0) is 57.0 Å². The van der Waals surface area contributed by atoms with Gasteiger partial charge in [-0.3, -0.25) is 9.48 Å². The number of hydrogen-bond acceptors (Lipinski definition) is 4. The number of rotatable bonds is 4. The summed E-state index contributed by atoms with van der Waals surface area (Å²) in [6.07, 6.45) is 6.46. The molecule has 132 valence electrons. The Labute approximate surface area is 148 Å². The van der Waals surface area contributed by atoms with Crippen molar-refractivity contribution in [3.8, 4) is 0 Å². The number of carbonyl (C=O) groups excluding carboxylic acids is 1. The summed E-state index contributed by atoms with van der Waals surface area (Å²) in [6, 6.07) is 8.14. The highest BCUT2D eigenvalue weighted by Crippen LogP contribution is 2.38. The highest BCUT2D eigenvalue weighted by atomic mass is 16.2. The third-order valence-corrected chi connectivity index (χ3v) is 5.21. The number of benzene rings is 1. The van der Waals surface area contributed by atoms with Gasteiger partial charge in [0.1, 0.15) is 5.54 Å². The second-order valence-electron chi connectivity index (χ2n) is 7.07. The number of para-hydroxylation sites is 2. The van der Waals surface area contributed by atoms with E-state index in [1.54, 1.807) is 0 Å². The lowest BCUT2D eigenvalue weighted by Crippen LogP contribution is -2.61. The van der Waals surface area contributed by atoms with Crippen LogP contribution < -0.4 is 15.5 Å². The zero-order valence-electron chi connectivity index (χ0n) is 14.7. The van der Waals surface area contributed by atoms with E-state index in [1.807, 2.05) is 47.1 Å². The minimum Gasteiger partial charge on any atom is -0.369 e. The van der Waals surface area contributed by atoms with Crippen molar-refractivity contribution in [3.05, 3.63) is 42.2 Å². The first-order chi connectivity index (χ1) is 12.2. The Morgan fingerprint density at radius 1 is 1.20 bits per heavy atom. The van der Waals surface area contributed by atoms with E-state index in [1.165, 1.54) is 0 Å². The molecular weight excluding hydrogens is 314 g/mol. The number of amides is 1. The van der Waals surface area contributed by atoms with Crippen molar-refractivity contribution in [1.29, 1.82) is 0 Å². The normalized spacial score (nSPS) is 18.9. The molecule has 1 amide bonds. The second-order valence-corrected chi connectivity index (χ2v) is 7.07. The van der Waals surface area contributed by atoms with Crippen LogP contribution in [0.15, 0.2) is 36.7 Å². The molecule has 1 saturated heterocycles. The van der Waals surface area contributed by atoms with Crippen LogP contribution in [0, 0.1) is 6.92 Å². The predicted octanol–water partition coefficient (Wildman–Crippen LogP) is 2.16. The summed E-state index contributed by atoms with van der Waals surface area (Å²) >= 11 is 0. The van der Waals surface area contributed by atoms with Crippen LogP contribution in [0.25, 0.3) is 0 Å². The van der Waals surface area contributed by atoms with Gasteiger partial charge in [-0.25, -0.2) is 0 Å². The highest BCUT2D eigenvalue weighted by molar-refractivity contribution is 6.08. The quantitative estimate of drug-likeness (QED) is 0.896. The molecular formula is C19H25N5O. The standard InChI is InChI=1S/C19H25N5O/c1-15-13-21-23(14-15)11-4-12-24-17-6-3-2-5-16(17)22-19(18(24)25)7-9-20-10-8-19/h2-3,5-6,13-14,20,22H,4,7-12H2,1H3. The summed E-state index contributed by atoms with van der Waals surface area (Å²) in [5, 5.41) is 11.3. The number of anilines is 2. The van der Waals surface area contributed by atoms with Gasteiger partial charge in [0.2, 0.25) is 0 Å². The molecule has 0 bridgehead atoms. The van der Waals surface area contributed by atoms with Gasteiger partial charge >= 0.3 is 0 Å². The zero-order chi connectivity index (χ0) is 17.3. The maximum absolute atomic E-state index is 13.3. The molecule has 2 aliphatic rings. The van der Waals surface area contributed by atoms with Crippen LogP contribution >= 0.6 is 0 Å². The summed E-state index contributed by atoms with van der Waals surface area (Å²) in [7, 11) is 0. The number of nitrogens with one attached hydrogen (secondary N) is 2. The molecule has 1 aromatic carbocycles. The topological polar surface area (TPSA) is 62.2 Å². The third kappa shape index (κ3) is 3.02. The van der Waals surface area contributed by atoms with Crippen LogP contribution in [-0.4, -0.2) is 40.9 Å². The minimum atomic E-state index is -0.456. The number of carbonyl (C=O) groups is 1. The summed E-state index contributed by atoms with van der Waals surface area (Å²) in [5.74, 6) is 0.212. The molecule has 2 aliphatic heterocycles. The monoisotopic (exact) mass is 339 g/mol. The second kappa shape index (κ2) is 6.52. The Morgan fingerprint density at radius 3 is 2.76 bits per heavy atom. The van der Waals surface area contributed by atoms with Gasteiger partial charge in [0.15, 0.2) is 0 Å². The Balaban J connectivity index is 1.54. The van der Waals surface area contributed by atoms with E-state index < -0.39 is 5.54 Å². The van der Waals surface area contributed by atoms with Crippen molar-refractivity contribution in [2.24, 2.45) is 0 Å². The molecule has 6 heteroatoms. The van der Waals surface area contributed by atoms with Crippen molar-refractivity contribution >= 4 is 17.3 Å². The number of hydrogen-bond donors (Lipinski definition) is 2. The van der Waals surface area contributed by atoms with Crippen LogP contribution in [0.3, 0.4) is 0 Å². The summed E-state index contributed by atoms with van der Waals surface area (Å²) < 4.78 is 1.95. The summed E-state index contributed by atoms with van der Waals surface area (Å²) in [5.41, 5.74) is 2.77. The van der Waals surface area contributed by atoms with E-state index in [-0.39, 0.29) is 5.91 Å². The van der Waals surface area contributed by atoms with Gasteiger partial charge in [-0.15, -0.1) is 0 Å². The van der Waals surface area contributed by atoms with E-state index in [4.69, 9.17) is 0 Å². The van der Waals surface area contributed by atoms with Crippen molar-refractivity contribution in [2.45, 2.75) is 38.3 Å². The average molecular weight is 339 g/mol. The first-order valence-corrected chi connectivity index (χ1v) is 9.07. The van der Waals surface area contributed by atoms with E-state index >= 15 is 0 Å². The number of aryl methyl sites for hydroxylation is 2. The van der Waals surface area contributed by atoms with Gasteiger partial charge in [0, 0.05) is 19.3 Å². The lowest BCUT2D eigenvalue weighted by atomic mass is 9.84. The Hall–Kier alpha value is -2.34. The van der Waals surface area contributed by atoms with E-state index in [0.29, 0.717) is 6.54 Å². The molecule has 0 saturated carbocycles. The van der Waals surface area contributed by atoms with Gasteiger partial charge in [0.25, 0.3) is 5.91 Å². The van der Waals surface area contributed by atoms with Crippen LogP contribution in [0.4, 0.5) is 11.4 Å². The fraction of sp³-hybridized carbons (Fsp3) is 0.474.